The molecule has 2 N–H and O–H groups in total. The molecule has 0 aliphatic rings. The van der Waals surface area contributed by atoms with Crippen LogP contribution in [-0.2, 0) is 11.3 Å². The molecule has 0 radical (unpaired) electrons. The van der Waals surface area contributed by atoms with E-state index in [9.17, 15) is 4.79 Å². The minimum Gasteiger partial charge on any atom is -0.480 e. The number of carboxylic acids is 1. The first kappa shape index (κ1) is 11.7. The highest BCUT2D eigenvalue weighted by atomic mass is 16.4. The Bertz CT molecular complexity index is 322. The van der Waals surface area contributed by atoms with Gasteiger partial charge in [0.1, 0.15) is 0 Å². The van der Waals surface area contributed by atoms with Crippen LogP contribution in [0.5, 0.6) is 0 Å². The van der Waals surface area contributed by atoms with Gasteiger partial charge in [-0.3, -0.25) is 9.48 Å². The monoisotopic (exact) mass is 211 g/mol. The number of hydrogen-bond donors (Lipinski definition) is 2. The van der Waals surface area contributed by atoms with Gasteiger partial charge < -0.3 is 10.4 Å². The first-order valence-corrected chi connectivity index (χ1v) is 5.10. The van der Waals surface area contributed by atoms with Gasteiger partial charge in [0.25, 0.3) is 0 Å². The Morgan fingerprint density at radius 1 is 1.73 bits per heavy atom. The second-order valence-corrected chi connectivity index (χ2v) is 3.54. The Balaban J connectivity index is 2.42. The standard InChI is InChI=1S/C10H17N3O2/c1-3-8(2)13-5-4-9(12-13)6-11-7-10(14)15/h4-5,8,11H,3,6-7H2,1-2H3,(H,14,15). The molecule has 0 aromatic carbocycles. The zero-order chi connectivity index (χ0) is 11.3. The molecular weight excluding hydrogens is 194 g/mol. The lowest BCUT2D eigenvalue weighted by atomic mass is 10.3. The fourth-order valence-corrected chi connectivity index (χ4v) is 1.20. The van der Waals surface area contributed by atoms with E-state index < -0.39 is 5.97 Å². The number of rotatable bonds is 6. The summed E-state index contributed by atoms with van der Waals surface area (Å²) in [5.41, 5.74) is 0.872. The van der Waals surface area contributed by atoms with Crippen molar-refractivity contribution in [2.24, 2.45) is 0 Å². The molecule has 84 valence electrons. The van der Waals surface area contributed by atoms with Crippen molar-refractivity contribution in [2.75, 3.05) is 6.54 Å². The number of nitrogens with one attached hydrogen (secondary N) is 1. The number of aliphatic carboxylic acids is 1. The van der Waals surface area contributed by atoms with E-state index in [1.807, 2.05) is 16.9 Å². The van der Waals surface area contributed by atoms with E-state index >= 15 is 0 Å². The van der Waals surface area contributed by atoms with Crippen molar-refractivity contribution in [3.63, 3.8) is 0 Å². The third kappa shape index (κ3) is 3.71. The summed E-state index contributed by atoms with van der Waals surface area (Å²) in [6.07, 6.45) is 2.95. The van der Waals surface area contributed by atoms with E-state index in [0.717, 1.165) is 12.1 Å². The predicted octanol–water partition coefficient (Wildman–Crippen LogP) is 1.03. The molecule has 0 amide bonds. The second-order valence-electron chi connectivity index (χ2n) is 3.54. The summed E-state index contributed by atoms with van der Waals surface area (Å²) in [5.74, 6) is -0.851. The summed E-state index contributed by atoms with van der Waals surface area (Å²) in [6, 6.07) is 2.29. The summed E-state index contributed by atoms with van der Waals surface area (Å²) >= 11 is 0. The van der Waals surface area contributed by atoms with Crippen LogP contribution >= 0.6 is 0 Å². The molecule has 1 unspecified atom stereocenters. The highest BCUT2D eigenvalue weighted by Crippen LogP contribution is 2.08. The minimum atomic E-state index is -0.851. The molecule has 5 heteroatoms. The molecule has 0 spiro atoms. The van der Waals surface area contributed by atoms with Gasteiger partial charge in [0.05, 0.1) is 12.2 Å². The Morgan fingerprint density at radius 3 is 3.07 bits per heavy atom. The highest BCUT2D eigenvalue weighted by molar-refractivity contribution is 5.68. The van der Waals surface area contributed by atoms with Crippen LogP contribution in [0.25, 0.3) is 0 Å². The zero-order valence-electron chi connectivity index (χ0n) is 9.10. The van der Waals surface area contributed by atoms with Crippen molar-refractivity contribution in [2.45, 2.75) is 32.9 Å². The van der Waals surface area contributed by atoms with Gasteiger partial charge in [-0.15, -0.1) is 0 Å². The van der Waals surface area contributed by atoms with Gasteiger partial charge in [-0.2, -0.15) is 5.10 Å². The number of carbonyl (C=O) groups is 1. The van der Waals surface area contributed by atoms with Crippen molar-refractivity contribution >= 4 is 5.97 Å². The molecule has 5 nitrogen and oxygen atoms in total. The maximum atomic E-state index is 10.3. The van der Waals surface area contributed by atoms with Gasteiger partial charge >= 0.3 is 5.97 Å². The summed E-state index contributed by atoms with van der Waals surface area (Å²) < 4.78 is 1.90. The Labute approximate surface area is 89.1 Å². The molecule has 0 saturated heterocycles. The average Bonchev–Trinajstić information content (AvgIpc) is 2.65. The Hall–Kier alpha value is -1.36. The normalized spacial score (nSPS) is 12.7. The maximum absolute atomic E-state index is 10.3. The molecule has 15 heavy (non-hydrogen) atoms. The van der Waals surface area contributed by atoms with Crippen molar-refractivity contribution in [1.29, 1.82) is 0 Å². The predicted molar refractivity (Wildman–Crippen MR) is 56.6 cm³/mol. The maximum Gasteiger partial charge on any atom is 0.317 e. The quantitative estimate of drug-likeness (QED) is 0.737. The van der Waals surface area contributed by atoms with Gasteiger partial charge in [0.15, 0.2) is 0 Å². The van der Waals surface area contributed by atoms with Crippen molar-refractivity contribution < 1.29 is 9.90 Å². The Kier molecular flexibility index (Phi) is 4.30. The van der Waals surface area contributed by atoms with Crippen molar-refractivity contribution in [3.05, 3.63) is 18.0 Å². The van der Waals surface area contributed by atoms with Crippen LogP contribution in [0.2, 0.25) is 0 Å². The summed E-state index contributed by atoms with van der Waals surface area (Å²) in [7, 11) is 0. The van der Waals surface area contributed by atoms with E-state index in [4.69, 9.17) is 5.11 Å². The molecule has 1 rings (SSSR count). The van der Waals surface area contributed by atoms with Crippen LogP contribution in [0, 0.1) is 0 Å². The van der Waals surface area contributed by atoms with Gasteiger partial charge in [-0.1, -0.05) is 6.92 Å². The molecule has 0 aliphatic heterocycles. The van der Waals surface area contributed by atoms with Crippen LogP contribution < -0.4 is 5.32 Å². The minimum absolute atomic E-state index is 0.0316. The third-order valence-corrected chi connectivity index (χ3v) is 2.29. The first-order valence-electron chi connectivity index (χ1n) is 5.10. The molecule has 1 aromatic rings. The van der Waals surface area contributed by atoms with Gasteiger partial charge in [-0.05, 0) is 19.4 Å². The van der Waals surface area contributed by atoms with E-state index in [1.54, 1.807) is 0 Å². The number of aromatic nitrogens is 2. The number of carboxylic acid groups (broad SMARTS) is 1. The lowest BCUT2D eigenvalue weighted by molar-refractivity contribution is -0.135. The van der Waals surface area contributed by atoms with E-state index in [-0.39, 0.29) is 6.54 Å². The van der Waals surface area contributed by atoms with Gasteiger partial charge in [0.2, 0.25) is 0 Å². The van der Waals surface area contributed by atoms with E-state index in [1.165, 1.54) is 0 Å². The molecule has 1 atom stereocenters. The summed E-state index contributed by atoms with van der Waals surface area (Å²) in [4.78, 5) is 10.3. The topological polar surface area (TPSA) is 67.2 Å². The fraction of sp³-hybridized carbons (Fsp3) is 0.600. The average molecular weight is 211 g/mol. The number of hydrogen-bond acceptors (Lipinski definition) is 3. The fourth-order valence-electron chi connectivity index (χ4n) is 1.20. The van der Waals surface area contributed by atoms with E-state index in [0.29, 0.717) is 12.6 Å². The molecule has 0 saturated carbocycles. The van der Waals surface area contributed by atoms with E-state index in [2.05, 4.69) is 24.3 Å². The van der Waals surface area contributed by atoms with Crippen LogP contribution in [0.3, 0.4) is 0 Å². The first-order chi connectivity index (χ1) is 7.13. The van der Waals surface area contributed by atoms with Crippen LogP contribution in [0.15, 0.2) is 12.3 Å². The third-order valence-electron chi connectivity index (χ3n) is 2.29. The number of nitrogens with zero attached hydrogens (tertiary/aromatic N) is 2. The SMILES string of the molecule is CCC(C)n1ccc(CNCC(=O)O)n1. The van der Waals surface area contributed by atoms with Gasteiger partial charge in [-0.25, -0.2) is 0 Å². The lowest BCUT2D eigenvalue weighted by Gasteiger charge is -2.08. The Morgan fingerprint density at radius 2 is 2.47 bits per heavy atom. The molecule has 0 bridgehead atoms. The summed E-state index contributed by atoms with van der Waals surface area (Å²) in [5, 5.41) is 15.6. The molecule has 0 fully saturated rings. The smallest absolute Gasteiger partial charge is 0.317 e. The van der Waals surface area contributed by atoms with Crippen LogP contribution in [-0.4, -0.2) is 27.4 Å². The second kappa shape index (κ2) is 5.50. The van der Waals surface area contributed by atoms with Gasteiger partial charge in [0, 0.05) is 18.8 Å². The largest absolute Gasteiger partial charge is 0.480 e. The zero-order valence-corrected chi connectivity index (χ0v) is 9.10. The lowest BCUT2D eigenvalue weighted by Crippen LogP contribution is -2.22. The van der Waals surface area contributed by atoms with Crippen molar-refractivity contribution in [1.82, 2.24) is 15.1 Å². The molecule has 1 heterocycles. The van der Waals surface area contributed by atoms with Crippen LogP contribution in [0.4, 0.5) is 0 Å². The highest BCUT2D eigenvalue weighted by Gasteiger charge is 2.04. The molecular formula is C10H17N3O2. The van der Waals surface area contributed by atoms with Crippen LogP contribution in [0.1, 0.15) is 32.0 Å². The van der Waals surface area contributed by atoms with Crippen molar-refractivity contribution in [3.8, 4) is 0 Å². The summed E-state index contributed by atoms with van der Waals surface area (Å²) in [6.45, 7) is 4.67. The molecule has 0 aliphatic carbocycles. The molecule has 1 aromatic heterocycles.